The molecule has 1 heterocycles. The van der Waals surface area contributed by atoms with Gasteiger partial charge in [-0.05, 0) is 35.3 Å². The Hall–Kier alpha value is -1.09. The van der Waals surface area contributed by atoms with Crippen LogP contribution < -0.4 is 0 Å². The Bertz CT molecular complexity index is 460. The van der Waals surface area contributed by atoms with Gasteiger partial charge in [0.15, 0.2) is 4.73 Å². The molecule has 0 spiro atoms. The lowest BCUT2D eigenvalue weighted by Gasteiger charge is -2.13. The summed E-state index contributed by atoms with van der Waals surface area (Å²) in [5.41, 5.74) is 2.56. The number of benzene rings is 1. The number of hydrogen-bond donors (Lipinski definition) is 0. The highest BCUT2D eigenvalue weighted by atomic mass is 79.9. The molecule has 1 aromatic carbocycles. The minimum atomic E-state index is 0.426. The molecule has 1 aromatic heterocycles. The lowest BCUT2D eigenvalue weighted by Crippen LogP contribution is -2.06. The predicted molar refractivity (Wildman–Crippen MR) is 69.6 cm³/mol. The van der Waals surface area contributed by atoms with Crippen LogP contribution in [0.2, 0.25) is 0 Å². The molecule has 0 aliphatic rings. The van der Waals surface area contributed by atoms with Crippen LogP contribution in [0, 0.1) is 0 Å². The zero-order valence-corrected chi connectivity index (χ0v) is 11.1. The Morgan fingerprint density at radius 1 is 1.25 bits per heavy atom. The molecular formula is C13H15BrN2. The number of imidazole rings is 1. The molecular weight excluding hydrogens is 264 g/mol. The molecule has 2 nitrogen and oxygen atoms in total. The van der Waals surface area contributed by atoms with Gasteiger partial charge in [-0.15, -0.1) is 0 Å². The minimum absolute atomic E-state index is 0.426. The molecule has 0 atom stereocenters. The van der Waals surface area contributed by atoms with E-state index in [1.54, 1.807) is 0 Å². The molecule has 84 valence electrons. The van der Waals surface area contributed by atoms with E-state index in [9.17, 15) is 0 Å². The summed E-state index contributed by atoms with van der Waals surface area (Å²) in [7, 11) is 0. The molecule has 2 rings (SSSR count). The fraction of sp³-hybridized carbons (Fsp3) is 0.308. The third-order valence-corrected chi connectivity index (χ3v) is 3.16. The van der Waals surface area contributed by atoms with E-state index in [4.69, 9.17) is 0 Å². The summed E-state index contributed by atoms with van der Waals surface area (Å²) in [5, 5.41) is 0. The number of aromatic nitrogens is 2. The van der Waals surface area contributed by atoms with E-state index < -0.39 is 0 Å². The molecule has 0 radical (unpaired) electrons. The molecule has 0 amide bonds. The Kier molecular flexibility index (Phi) is 3.44. The monoisotopic (exact) mass is 278 g/mol. The van der Waals surface area contributed by atoms with Crippen LogP contribution in [0.1, 0.15) is 31.1 Å². The number of halogens is 1. The van der Waals surface area contributed by atoms with Gasteiger partial charge in [0.1, 0.15) is 0 Å². The topological polar surface area (TPSA) is 17.8 Å². The molecule has 0 unspecified atom stereocenters. The van der Waals surface area contributed by atoms with Crippen LogP contribution in [-0.2, 0) is 6.42 Å². The second-order valence-electron chi connectivity index (χ2n) is 4.14. The van der Waals surface area contributed by atoms with Crippen LogP contribution in [0.5, 0.6) is 0 Å². The first-order valence-corrected chi connectivity index (χ1v) is 6.23. The van der Waals surface area contributed by atoms with Gasteiger partial charge in [0, 0.05) is 24.4 Å². The van der Waals surface area contributed by atoms with E-state index in [1.165, 1.54) is 11.3 Å². The van der Waals surface area contributed by atoms with E-state index in [0.717, 1.165) is 11.2 Å². The van der Waals surface area contributed by atoms with Crippen LogP contribution in [0.25, 0.3) is 0 Å². The summed E-state index contributed by atoms with van der Waals surface area (Å²) in [6.45, 7) is 4.34. The third-order valence-electron chi connectivity index (χ3n) is 2.57. The lowest BCUT2D eigenvalue weighted by atomic mass is 10.1. The standard InChI is InChI=1S/C13H15BrN2/c1-10(2)16-12(9-15-13(16)14)8-11-6-4-3-5-7-11/h3-7,9-10H,8H2,1-2H3. The number of rotatable bonds is 3. The maximum atomic E-state index is 4.31. The SMILES string of the molecule is CC(C)n1c(Cc2ccccc2)cnc1Br. The van der Waals surface area contributed by atoms with Gasteiger partial charge in [-0.25, -0.2) is 4.98 Å². The molecule has 0 N–H and O–H groups in total. The first-order chi connectivity index (χ1) is 7.68. The van der Waals surface area contributed by atoms with E-state index in [-0.39, 0.29) is 0 Å². The summed E-state index contributed by atoms with van der Waals surface area (Å²) < 4.78 is 3.13. The van der Waals surface area contributed by atoms with Crippen molar-refractivity contribution in [3.63, 3.8) is 0 Å². The molecule has 0 bridgehead atoms. The van der Waals surface area contributed by atoms with E-state index in [1.807, 2.05) is 12.3 Å². The zero-order valence-electron chi connectivity index (χ0n) is 9.52. The molecule has 3 heteroatoms. The van der Waals surface area contributed by atoms with Crippen LogP contribution in [0.3, 0.4) is 0 Å². The van der Waals surface area contributed by atoms with E-state index >= 15 is 0 Å². The average Bonchev–Trinajstić information content (AvgIpc) is 2.61. The molecule has 2 aromatic rings. The van der Waals surface area contributed by atoms with Crippen molar-refractivity contribution in [1.82, 2.24) is 9.55 Å². The highest BCUT2D eigenvalue weighted by Gasteiger charge is 2.10. The smallest absolute Gasteiger partial charge is 0.177 e. The Balaban J connectivity index is 2.29. The predicted octanol–water partition coefficient (Wildman–Crippen LogP) is 3.82. The first-order valence-electron chi connectivity index (χ1n) is 5.44. The van der Waals surface area contributed by atoms with Crippen molar-refractivity contribution in [3.05, 3.63) is 52.5 Å². The quantitative estimate of drug-likeness (QED) is 0.835. The summed E-state index contributed by atoms with van der Waals surface area (Å²) in [6.07, 6.45) is 2.87. The van der Waals surface area contributed by atoms with Crippen molar-refractivity contribution >= 4 is 15.9 Å². The van der Waals surface area contributed by atoms with Crippen molar-refractivity contribution in [1.29, 1.82) is 0 Å². The Morgan fingerprint density at radius 2 is 1.94 bits per heavy atom. The molecule has 0 saturated carbocycles. The van der Waals surface area contributed by atoms with Gasteiger partial charge < -0.3 is 4.57 Å². The number of hydrogen-bond acceptors (Lipinski definition) is 1. The van der Waals surface area contributed by atoms with Gasteiger partial charge in [-0.2, -0.15) is 0 Å². The van der Waals surface area contributed by atoms with Crippen LogP contribution in [0.4, 0.5) is 0 Å². The Labute approximate surface area is 104 Å². The molecule has 16 heavy (non-hydrogen) atoms. The van der Waals surface area contributed by atoms with Gasteiger partial charge in [-0.3, -0.25) is 0 Å². The molecule has 0 saturated heterocycles. The van der Waals surface area contributed by atoms with Crippen LogP contribution >= 0.6 is 15.9 Å². The van der Waals surface area contributed by atoms with Crippen molar-refractivity contribution in [2.45, 2.75) is 26.3 Å². The minimum Gasteiger partial charge on any atom is -0.320 e. The largest absolute Gasteiger partial charge is 0.320 e. The summed E-state index contributed by atoms with van der Waals surface area (Å²) in [4.78, 5) is 4.31. The van der Waals surface area contributed by atoms with E-state index in [0.29, 0.717) is 6.04 Å². The maximum absolute atomic E-state index is 4.31. The van der Waals surface area contributed by atoms with Gasteiger partial charge >= 0.3 is 0 Å². The maximum Gasteiger partial charge on any atom is 0.177 e. The first kappa shape index (κ1) is 11.4. The van der Waals surface area contributed by atoms with Crippen molar-refractivity contribution in [2.75, 3.05) is 0 Å². The molecule has 0 aliphatic carbocycles. The Morgan fingerprint density at radius 3 is 2.56 bits per heavy atom. The average molecular weight is 279 g/mol. The summed E-state index contributed by atoms with van der Waals surface area (Å²) in [5.74, 6) is 0. The second kappa shape index (κ2) is 4.83. The third kappa shape index (κ3) is 2.35. The highest BCUT2D eigenvalue weighted by molar-refractivity contribution is 9.10. The van der Waals surface area contributed by atoms with Gasteiger partial charge in [-0.1, -0.05) is 30.3 Å². The molecule has 0 fully saturated rings. The van der Waals surface area contributed by atoms with Crippen molar-refractivity contribution < 1.29 is 0 Å². The highest BCUT2D eigenvalue weighted by Crippen LogP contribution is 2.20. The fourth-order valence-electron chi connectivity index (χ4n) is 1.85. The lowest BCUT2D eigenvalue weighted by molar-refractivity contribution is 0.567. The van der Waals surface area contributed by atoms with Gasteiger partial charge in [0.2, 0.25) is 0 Å². The summed E-state index contributed by atoms with van der Waals surface area (Å²) in [6, 6.07) is 10.9. The van der Waals surface area contributed by atoms with Crippen molar-refractivity contribution in [3.8, 4) is 0 Å². The second-order valence-corrected chi connectivity index (χ2v) is 4.85. The van der Waals surface area contributed by atoms with E-state index in [2.05, 4.69) is 63.6 Å². The molecule has 0 aliphatic heterocycles. The summed E-state index contributed by atoms with van der Waals surface area (Å²) >= 11 is 3.48. The van der Waals surface area contributed by atoms with Gasteiger partial charge in [0.05, 0.1) is 0 Å². The normalized spacial score (nSPS) is 11.0. The number of nitrogens with zero attached hydrogens (tertiary/aromatic N) is 2. The van der Waals surface area contributed by atoms with Crippen molar-refractivity contribution in [2.24, 2.45) is 0 Å². The fourth-order valence-corrected chi connectivity index (χ4v) is 2.59. The van der Waals surface area contributed by atoms with Crippen LogP contribution in [0.15, 0.2) is 41.3 Å². The van der Waals surface area contributed by atoms with Gasteiger partial charge in [0.25, 0.3) is 0 Å². The van der Waals surface area contributed by atoms with Crippen LogP contribution in [-0.4, -0.2) is 9.55 Å². The zero-order chi connectivity index (χ0) is 11.5.